The van der Waals surface area contributed by atoms with E-state index in [4.69, 9.17) is 4.98 Å². The Morgan fingerprint density at radius 3 is 2.85 bits per heavy atom. The third-order valence-corrected chi connectivity index (χ3v) is 5.69. The summed E-state index contributed by atoms with van der Waals surface area (Å²) >= 11 is 0. The fourth-order valence-corrected chi connectivity index (χ4v) is 4.03. The number of amides is 1. The summed E-state index contributed by atoms with van der Waals surface area (Å²) in [4.78, 5) is 24.6. The number of nitrogens with one attached hydrogen (secondary N) is 1. The molecule has 1 saturated heterocycles. The highest BCUT2D eigenvalue weighted by Gasteiger charge is 2.21. The van der Waals surface area contributed by atoms with E-state index in [1.165, 1.54) is 12.1 Å². The molecule has 1 atom stereocenters. The SMILES string of the molecule is O=CN(Cc1cccnc1)c1ccc(N2CCC[C@H](O)C2)nc1NCCc1cccc(F)c1. The summed E-state index contributed by atoms with van der Waals surface area (Å²) < 4.78 is 13.5. The Morgan fingerprint density at radius 1 is 1.21 bits per heavy atom. The van der Waals surface area contributed by atoms with E-state index < -0.39 is 0 Å². The smallest absolute Gasteiger partial charge is 0.214 e. The summed E-state index contributed by atoms with van der Waals surface area (Å²) in [6.45, 7) is 2.23. The van der Waals surface area contributed by atoms with Crippen molar-refractivity contribution in [3.8, 4) is 0 Å². The highest BCUT2D eigenvalue weighted by atomic mass is 19.1. The Balaban J connectivity index is 1.57. The van der Waals surface area contributed by atoms with Crippen LogP contribution in [0.25, 0.3) is 0 Å². The van der Waals surface area contributed by atoms with Crippen LogP contribution in [0.3, 0.4) is 0 Å². The Labute approximate surface area is 192 Å². The van der Waals surface area contributed by atoms with Crippen LogP contribution in [0.5, 0.6) is 0 Å². The highest BCUT2D eigenvalue weighted by molar-refractivity contribution is 5.82. The zero-order chi connectivity index (χ0) is 23.0. The van der Waals surface area contributed by atoms with E-state index in [1.54, 1.807) is 23.4 Å². The Bertz CT molecular complexity index is 1070. The number of pyridine rings is 2. The van der Waals surface area contributed by atoms with Gasteiger partial charge >= 0.3 is 0 Å². The van der Waals surface area contributed by atoms with E-state index in [1.807, 2.05) is 30.3 Å². The molecule has 0 aliphatic carbocycles. The van der Waals surface area contributed by atoms with Crippen LogP contribution in [0.1, 0.15) is 24.0 Å². The average molecular weight is 450 g/mol. The lowest BCUT2D eigenvalue weighted by Gasteiger charge is -2.32. The number of nitrogens with zero attached hydrogens (tertiary/aromatic N) is 4. The molecule has 8 heteroatoms. The minimum Gasteiger partial charge on any atom is -0.391 e. The van der Waals surface area contributed by atoms with Gasteiger partial charge in [0.2, 0.25) is 6.41 Å². The first-order valence-corrected chi connectivity index (χ1v) is 11.2. The standard InChI is InChI=1S/C25H28FN5O2/c26-21-6-1-4-19(14-21)10-12-28-25-23(31(18-32)16-20-5-2-11-27-15-20)8-9-24(29-25)30-13-3-7-22(33)17-30/h1-2,4-6,8-9,11,14-15,18,22,33H,3,7,10,12-13,16-17H2,(H,28,29)/t22-/m0/s1. The Hall–Kier alpha value is -3.52. The van der Waals surface area contributed by atoms with Crippen molar-refractivity contribution in [2.24, 2.45) is 0 Å². The number of aliphatic hydroxyl groups excluding tert-OH is 1. The normalized spacial score (nSPS) is 15.8. The lowest BCUT2D eigenvalue weighted by molar-refractivity contribution is -0.107. The topological polar surface area (TPSA) is 81.6 Å². The lowest BCUT2D eigenvalue weighted by Crippen LogP contribution is -2.38. The number of hydrogen-bond acceptors (Lipinski definition) is 6. The van der Waals surface area contributed by atoms with E-state index in [0.717, 1.165) is 42.7 Å². The van der Waals surface area contributed by atoms with Crippen molar-refractivity contribution in [1.29, 1.82) is 0 Å². The third-order valence-electron chi connectivity index (χ3n) is 5.69. The van der Waals surface area contributed by atoms with Gasteiger partial charge in [0.15, 0.2) is 5.82 Å². The summed E-state index contributed by atoms with van der Waals surface area (Å²) in [6, 6.07) is 14.0. The number of benzene rings is 1. The van der Waals surface area contributed by atoms with E-state index in [-0.39, 0.29) is 11.9 Å². The second-order valence-corrected chi connectivity index (χ2v) is 8.18. The number of β-amino-alcohol motifs (C(OH)–C–C–N with tert-alkyl or cyclic N) is 1. The minimum absolute atomic E-state index is 0.263. The molecule has 1 amide bonds. The van der Waals surface area contributed by atoms with E-state index in [9.17, 15) is 14.3 Å². The molecule has 3 heterocycles. The maximum Gasteiger partial charge on any atom is 0.214 e. The predicted octanol–water partition coefficient (Wildman–Crippen LogP) is 3.39. The lowest BCUT2D eigenvalue weighted by atomic mass is 10.1. The van der Waals surface area contributed by atoms with Gasteiger partial charge in [-0.25, -0.2) is 9.37 Å². The molecule has 1 aliphatic heterocycles. The molecule has 3 aromatic rings. The van der Waals surface area contributed by atoms with E-state index >= 15 is 0 Å². The largest absolute Gasteiger partial charge is 0.391 e. The van der Waals surface area contributed by atoms with Crippen molar-refractivity contribution < 1.29 is 14.3 Å². The van der Waals surface area contributed by atoms with Gasteiger partial charge in [0.05, 0.1) is 18.3 Å². The monoisotopic (exact) mass is 449 g/mol. The number of piperidine rings is 1. The van der Waals surface area contributed by atoms with Crippen LogP contribution < -0.4 is 15.1 Å². The summed E-state index contributed by atoms with van der Waals surface area (Å²) in [5.41, 5.74) is 2.43. The summed E-state index contributed by atoms with van der Waals surface area (Å²) in [6.07, 6.45) is 6.12. The first-order valence-electron chi connectivity index (χ1n) is 11.2. The number of carbonyl (C=O) groups is 1. The molecule has 1 aromatic carbocycles. The van der Waals surface area contributed by atoms with Crippen LogP contribution in [-0.4, -0.2) is 47.2 Å². The number of carbonyl (C=O) groups excluding carboxylic acids is 1. The van der Waals surface area contributed by atoms with Gasteiger partial charge in [-0.15, -0.1) is 0 Å². The number of halogens is 1. The fourth-order valence-electron chi connectivity index (χ4n) is 4.03. The minimum atomic E-state index is -0.373. The van der Waals surface area contributed by atoms with Gasteiger partial charge in [-0.1, -0.05) is 18.2 Å². The maximum atomic E-state index is 13.5. The van der Waals surface area contributed by atoms with Crippen molar-refractivity contribution in [3.05, 3.63) is 77.9 Å². The van der Waals surface area contributed by atoms with Gasteiger partial charge in [0.25, 0.3) is 0 Å². The molecule has 0 saturated carbocycles. The maximum absolute atomic E-state index is 13.5. The van der Waals surface area contributed by atoms with Crippen LogP contribution in [0.2, 0.25) is 0 Å². The molecule has 172 valence electrons. The third kappa shape index (κ3) is 6.04. The van der Waals surface area contributed by atoms with Gasteiger partial charge in [-0.05, 0) is 60.7 Å². The van der Waals surface area contributed by atoms with Crippen LogP contribution in [0.4, 0.5) is 21.7 Å². The first-order chi connectivity index (χ1) is 16.1. The van der Waals surface area contributed by atoms with Gasteiger partial charge in [0, 0.05) is 32.0 Å². The summed E-state index contributed by atoms with van der Waals surface area (Å²) in [5, 5.41) is 13.4. The van der Waals surface area contributed by atoms with Crippen LogP contribution in [0.15, 0.2) is 60.9 Å². The van der Waals surface area contributed by atoms with Crippen molar-refractivity contribution in [2.75, 3.05) is 34.8 Å². The zero-order valence-corrected chi connectivity index (χ0v) is 18.4. The number of aromatic nitrogens is 2. The molecule has 1 aliphatic rings. The zero-order valence-electron chi connectivity index (χ0n) is 18.4. The van der Waals surface area contributed by atoms with E-state index in [0.29, 0.717) is 37.6 Å². The number of hydrogen-bond donors (Lipinski definition) is 2. The molecule has 0 bridgehead atoms. The van der Waals surface area contributed by atoms with Gasteiger partial charge in [-0.3, -0.25) is 9.78 Å². The quantitative estimate of drug-likeness (QED) is 0.488. The summed E-state index contributed by atoms with van der Waals surface area (Å²) in [5.74, 6) is 1.05. The van der Waals surface area contributed by atoms with Crippen molar-refractivity contribution in [1.82, 2.24) is 9.97 Å². The predicted molar refractivity (Wildman–Crippen MR) is 127 cm³/mol. The molecular formula is C25H28FN5O2. The average Bonchev–Trinajstić information content (AvgIpc) is 2.83. The van der Waals surface area contributed by atoms with Crippen molar-refractivity contribution in [2.45, 2.75) is 31.9 Å². The molecule has 4 rings (SSSR count). The number of aliphatic hydroxyl groups is 1. The summed E-state index contributed by atoms with van der Waals surface area (Å²) in [7, 11) is 0. The fraction of sp³-hybridized carbons (Fsp3) is 0.320. The molecule has 0 radical (unpaired) electrons. The highest BCUT2D eigenvalue weighted by Crippen LogP contribution is 2.29. The van der Waals surface area contributed by atoms with Crippen molar-refractivity contribution in [3.63, 3.8) is 0 Å². The molecule has 1 fully saturated rings. The molecule has 2 N–H and O–H groups in total. The van der Waals surface area contributed by atoms with Crippen molar-refractivity contribution >= 4 is 23.7 Å². The van der Waals surface area contributed by atoms with Gasteiger partial charge in [-0.2, -0.15) is 0 Å². The molecular weight excluding hydrogens is 421 g/mol. The van der Waals surface area contributed by atoms with E-state index in [2.05, 4.69) is 15.2 Å². The molecule has 0 unspecified atom stereocenters. The molecule has 0 spiro atoms. The van der Waals surface area contributed by atoms with Gasteiger partial charge < -0.3 is 20.2 Å². The second kappa shape index (κ2) is 10.9. The van der Waals surface area contributed by atoms with Gasteiger partial charge in [0.1, 0.15) is 11.6 Å². The first kappa shape index (κ1) is 22.7. The molecule has 2 aromatic heterocycles. The second-order valence-electron chi connectivity index (χ2n) is 8.18. The van der Waals surface area contributed by atoms with Crippen LogP contribution >= 0.6 is 0 Å². The Morgan fingerprint density at radius 2 is 2.09 bits per heavy atom. The Kier molecular flexibility index (Phi) is 7.47. The molecule has 33 heavy (non-hydrogen) atoms. The number of rotatable bonds is 9. The number of anilines is 3. The van der Waals surface area contributed by atoms with Crippen LogP contribution in [-0.2, 0) is 17.8 Å². The molecule has 7 nitrogen and oxygen atoms in total. The van der Waals surface area contributed by atoms with Crippen LogP contribution in [0, 0.1) is 5.82 Å².